The van der Waals surface area contributed by atoms with Crippen molar-refractivity contribution in [2.45, 2.75) is 19.8 Å². The van der Waals surface area contributed by atoms with Crippen LogP contribution in [0.4, 0.5) is 11.6 Å². The van der Waals surface area contributed by atoms with E-state index in [1.807, 2.05) is 35.2 Å². The van der Waals surface area contributed by atoms with Gasteiger partial charge in [-0.2, -0.15) is 0 Å². The van der Waals surface area contributed by atoms with Gasteiger partial charge in [0, 0.05) is 55.9 Å². The van der Waals surface area contributed by atoms with Crippen LogP contribution in [0.3, 0.4) is 0 Å². The lowest BCUT2D eigenvalue weighted by Gasteiger charge is -2.37. The molecule has 3 aromatic rings. The van der Waals surface area contributed by atoms with Gasteiger partial charge in [0.25, 0.3) is 0 Å². The predicted octanol–water partition coefficient (Wildman–Crippen LogP) is 2.76. The van der Waals surface area contributed by atoms with Crippen LogP contribution in [0.15, 0.2) is 42.6 Å². The maximum absolute atomic E-state index is 12.6. The Morgan fingerprint density at radius 2 is 1.87 bits per heavy atom. The number of amides is 2. The van der Waals surface area contributed by atoms with Gasteiger partial charge >= 0.3 is 0 Å². The van der Waals surface area contributed by atoms with Crippen molar-refractivity contribution >= 4 is 40.7 Å². The van der Waals surface area contributed by atoms with Crippen molar-refractivity contribution in [1.82, 2.24) is 19.5 Å². The number of carbonyl (C=O) groups excluding carboxylic acids is 2. The topological polar surface area (TPSA) is 82.8 Å². The molecule has 1 saturated heterocycles. The summed E-state index contributed by atoms with van der Waals surface area (Å²) in [5.41, 5.74) is 2.92. The molecule has 9 heteroatoms. The third-order valence-electron chi connectivity index (χ3n) is 5.28. The number of pyridine rings is 1. The summed E-state index contributed by atoms with van der Waals surface area (Å²) in [5, 5.41) is 11.4. The van der Waals surface area contributed by atoms with Crippen LogP contribution in [0.2, 0.25) is 5.02 Å². The molecule has 1 aliphatic heterocycles. The van der Waals surface area contributed by atoms with Gasteiger partial charge < -0.3 is 9.80 Å². The van der Waals surface area contributed by atoms with Crippen LogP contribution in [-0.4, -0.2) is 57.5 Å². The Bertz CT molecular complexity index is 1070. The van der Waals surface area contributed by atoms with Crippen molar-refractivity contribution in [2.24, 2.45) is 0 Å². The average molecular weight is 427 g/mol. The first kappa shape index (κ1) is 20.2. The van der Waals surface area contributed by atoms with Crippen LogP contribution in [0.25, 0.3) is 5.65 Å². The number of piperazine rings is 1. The first-order valence-electron chi connectivity index (χ1n) is 9.90. The second-order valence-electron chi connectivity index (χ2n) is 7.30. The monoisotopic (exact) mass is 426 g/mol. The first-order chi connectivity index (χ1) is 14.5. The number of hydrogen-bond donors (Lipinski definition) is 1. The quantitative estimate of drug-likeness (QED) is 0.678. The summed E-state index contributed by atoms with van der Waals surface area (Å²) in [6.45, 7) is 4.79. The third kappa shape index (κ3) is 4.38. The van der Waals surface area contributed by atoms with Crippen LogP contribution in [0.1, 0.15) is 18.4 Å². The standard InChI is InChI=1S/C21H23ClN6O2/c1-15-5-6-16(22)14-17(15)26-10-12-27(13-11-26)20(30)8-7-19(29)23-21-25-24-18-4-2-3-9-28(18)21/h2-6,9,14H,7-8,10-13H2,1H3,(H,23,25,29). The fraction of sp³-hybridized carbons (Fsp3) is 0.333. The predicted molar refractivity (Wildman–Crippen MR) is 116 cm³/mol. The molecule has 3 heterocycles. The zero-order chi connectivity index (χ0) is 21.1. The summed E-state index contributed by atoms with van der Waals surface area (Å²) in [5.74, 6) is 0.0852. The van der Waals surface area contributed by atoms with Crippen molar-refractivity contribution in [1.29, 1.82) is 0 Å². The molecule has 0 saturated carbocycles. The van der Waals surface area contributed by atoms with E-state index >= 15 is 0 Å². The van der Waals surface area contributed by atoms with E-state index in [4.69, 9.17) is 11.6 Å². The molecule has 2 amide bonds. The molecule has 4 rings (SSSR count). The number of rotatable bonds is 5. The van der Waals surface area contributed by atoms with Crippen molar-refractivity contribution in [2.75, 3.05) is 36.4 Å². The Hall–Kier alpha value is -3.13. The lowest BCUT2D eigenvalue weighted by molar-refractivity contribution is -0.133. The molecule has 0 radical (unpaired) electrons. The number of carbonyl (C=O) groups is 2. The molecule has 8 nitrogen and oxygen atoms in total. The lowest BCUT2D eigenvalue weighted by atomic mass is 10.1. The number of anilines is 2. The van der Waals surface area contributed by atoms with Gasteiger partial charge in [0.1, 0.15) is 0 Å². The molecule has 1 aromatic carbocycles. The zero-order valence-electron chi connectivity index (χ0n) is 16.7. The highest BCUT2D eigenvalue weighted by molar-refractivity contribution is 6.30. The van der Waals surface area contributed by atoms with Crippen LogP contribution < -0.4 is 10.2 Å². The molecular weight excluding hydrogens is 404 g/mol. The van der Waals surface area contributed by atoms with E-state index < -0.39 is 0 Å². The van der Waals surface area contributed by atoms with E-state index in [2.05, 4.69) is 27.3 Å². The SMILES string of the molecule is Cc1ccc(Cl)cc1N1CCN(C(=O)CCC(=O)Nc2nnc3ccccn23)CC1. The molecule has 0 spiro atoms. The Morgan fingerprint density at radius 3 is 2.67 bits per heavy atom. The van der Waals surface area contributed by atoms with Crippen LogP contribution >= 0.6 is 11.6 Å². The molecule has 0 aliphatic carbocycles. The van der Waals surface area contributed by atoms with Gasteiger partial charge in [-0.3, -0.25) is 19.3 Å². The second kappa shape index (κ2) is 8.71. The fourth-order valence-electron chi connectivity index (χ4n) is 3.61. The number of fused-ring (bicyclic) bond motifs is 1. The molecule has 0 unspecified atom stereocenters. The van der Waals surface area contributed by atoms with Crippen LogP contribution in [-0.2, 0) is 9.59 Å². The Morgan fingerprint density at radius 1 is 1.07 bits per heavy atom. The first-order valence-corrected chi connectivity index (χ1v) is 10.3. The summed E-state index contributed by atoms with van der Waals surface area (Å²) < 4.78 is 1.69. The lowest BCUT2D eigenvalue weighted by Crippen LogP contribution is -2.49. The summed E-state index contributed by atoms with van der Waals surface area (Å²) in [4.78, 5) is 28.9. The van der Waals surface area contributed by atoms with Crippen molar-refractivity contribution in [3.05, 3.63) is 53.2 Å². The van der Waals surface area contributed by atoms with E-state index in [9.17, 15) is 9.59 Å². The largest absolute Gasteiger partial charge is 0.368 e. The molecule has 1 N–H and O–H groups in total. The van der Waals surface area contributed by atoms with Gasteiger partial charge in [-0.25, -0.2) is 0 Å². The molecule has 0 bridgehead atoms. The number of aromatic nitrogens is 3. The highest BCUT2D eigenvalue weighted by Gasteiger charge is 2.23. The van der Waals surface area contributed by atoms with Gasteiger partial charge in [-0.05, 0) is 36.8 Å². The minimum absolute atomic E-state index is 0.0151. The summed E-state index contributed by atoms with van der Waals surface area (Å²) in [6.07, 6.45) is 2.05. The van der Waals surface area contributed by atoms with Crippen molar-refractivity contribution in [3.63, 3.8) is 0 Å². The van der Waals surface area contributed by atoms with Crippen molar-refractivity contribution < 1.29 is 9.59 Å². The number of hydrogen-bond acceptors (Lipinski definition) is 5. The third-order valence-corrected chi connectivity index (χ3v) is 5.51. The molecule has 1 aliphatic rings. The van der Waals surface area contributed by atoms with E-state index in [0.29, 0.717) is 29.7 Å². The maximum atomic E-state index is 12.6. The van der Waals surface area contributed by atoms with Gasteiger partial charge in [0.05, 0.1) is 0 Å². The summed E-state index contributed by atoms with van der Waals surface area (Å²) in [6, 6.07) is 11.3. The molecule has 2 aromatic heterocycles. The number of nitrogens with zero attached hydrogens (tertiary/aromatic N) is 5. The van der Waals surface area contributed by atoms with Gasteiger partial charge in [0.15, 0.2) is 5.65 Å². The van der Waals surface area contributed by atoms with Gasteiger partial charge in [-0.1, -0.05) is 23.7 Å². The zero-order valence-corrected chi connectivity index (χ0v) is 17.5. The molecule has 0 atom stereocenters. The van der Waals surface area contributed by atoms with Crippen LogP contribution in [0.5, 0.6) is 0 Å². The van der Waals surface area contributed by atoms with E-state index in [1.54, 1.807) is 16.7 Å². The van der Waals surface area contributed by atoms with Gasteiger partial charge in [0.2, 0.25) is 17.8 Å². The highest BCUT2D eigenvalue weighted by Crippen LogP contribution is 2.25. The smallest absolute Gasteiger partial charge is 0.235 e. The maximum Gasteiger partial charge on any atom is 0.235 e. The molecule has 156 valence electrons. The number of benzene rings is 1. The van der Waals surface area contributed by atoms with Gasteiger partial charge in [-0.15, -0.1) is 10.2 Å². The number of halogens is 1. The molecular formula is C21H23ClN6O2. The second-order valence-corrected chi connectivity index (χ2v) is 7.74. The normalized spacial score (nSPS) is 14.2. The Labute approximate surface area is 179 Å². The number of aryl methyl sites for hydroxylation is 1. The van der Waals surface area contributed by atoms with E-state index in [-0.39, 0.29) is 24.7 Å². The Kier molecular flexibility index (Phi) is 5.85. The average Bonchev–Trinajstić information content (AvgIpc) is 3.17. The van der Waals surface area contributed by atoms with E-state index in [0.717, 1.165) is 24.3 Å². The summed E-state index contributed by atoms with van der Waals surface area (Å²) >= 11 is 6.13. The summed E-state index contributed by atoms with van der Waals surface area (Å²) in [7, 11) is 0. The van der Waals surface area contributed by atoms with Crippen molar-refractivity contribution in [3.8, 4) is 0 Å². The minimum atomic E-state index is -0.255. The Balaban J connectivity index is 1.27. The minimum Gasteiger partial charge on any atom is -0.368 e. The molecule has 30 heavy (non-hydrogen) atoms. The molecule has 1 fully saturated rings. The fourth-order valence-corrected chi connectivity index (χ4v) is 3.78. The van der Waals surface area contributed by atoms with E-state index in [1.165, 1.54) is 0 Å². The van der Waals surface area contributed by atoms with Crippen LogP contribution in [0, 0.1) is 6.92 Å². The highest BCUT2D eigenvalue weighted by atomic mass is 35.5. The number of nitrogens with one attached hydrogen (secondary N) is 1.